The number of hydrogen-bond donors (Lipinski definition) is 0. The van der Waals surface area contributed by atoms with Crippen molar-refractivity contribution < 1.29 is 0 Å². The van der Waals surface area contributed by atoms with Crippen molar-refractivity contribution >= 4 is 0 Å². The number of hydrogen-bond acceptors (Lipinski definition) is 1. The van der Waals surface area contributed by atoms with E-state index in [0.717, 1.165) is 0 Å². The van der Waals surface area contributed by atoms with Crippen molar-refractivity contribution in [1.29, 1.82) is 0 Å². The summed E-state index contributed by atoms with van der Waals surface area (Å²) in [4.78, 5) is 2.71. The van der Waals surface area contributed by atoms with Gasteiger partial charge in [-0.05, 0) is 38.9 Å². The molecule has 0 heterocycles. The SMILES string of the molecule is CCCCCCCCCN(CCC)CCCCCCCC. The van der Waals surface area contributed by atoms with Crippen LogP contribution in [0, 0.1) is 0 Å². The van der Waals surface area contributed by atoms with Crippen molar-refractivity contribution in [3.05, 3.63) is 0 Å². The third-order valence-corrected chi connectivity index (χ3v) is 4.45. The summed E-state index contributed by atoms with van der Waals surface area (Å²) in [7, 11) is 0. The van der Waals surface area contributed by atoms with Gasteiger partial charge in [0.15, 0.2) is 0 Å². The highest BCUT2D eigenvalue weighted by atomic mass is 15.1. The van der Waals surface area contributed by atoms with Crippen LogP contribution in [0.25, 0.3) is 0 Å². The van der Waals surface area contributed by atoms with Crippen molar-refractivity contribution in [2.45, 2.75) is 111 Å². The average Bonchev–Trinajstić information content (AvgIpc) is 2.49. The smallest absolute Gasteiger partial charge is 0.00187 e. The highest BCUT2D eigenvalue weighted by Crippen LogP contribution is 2.09. The van der Waals surface area contributed by atoms with E-state index in [1.54, 1.807) is 0 Å². The van der Waals surface area contributed by atoms with Crippen molar-refractivity contribution in [2.24, 2.45) is 0 Å². The summed E-state index contributed by atoms with van der Waals surface area (Å²) in [5.41, 5.74) is 0. The van der Waals surface area contributed by atoms with Crippen molar-refractivity contribution in [2.75, 3.05) is 19.6 Å². The molecule has 0 spiro atoms. The van der Waals surface area contributed by atoms with Crippen LogP contribution in [0.15, 0.2) is 0 Å². The maximum absolute atomic E-state index is 2.71. The van der Waals surface area contributed by atoms with E-state index < -0.39 is 0 Å². The van der Waals surface area contributed by atoms with Gasteiger partial charge < -0.3 is 4.90 Å². The van der Waals surface area contributed by atoms with Crippen LogP contribution in [0.3, 0.4) is 0 Å². The largest absolute Gasteiger partial charge is 0.303 e. The van der Waals surface area contributed by atoms with Crippen molar-refractivity contribution in [3.63, 3.8) is 0 Å². The molecule has 0 saturated heterocycles. The zero-order chi connectivity index (χ0) is 15.6. The summed E-state index contributed by atoms with van der Waals surface area (Å²) in [5, 5.41) is 0. The van der Waals surface area contributed by atoms with Crippen LogP contribution in [0.1, 0.15) is 111 Å². The Bertz CT molecular complexity index is 179. The van der Waals surface area contributed by atoms with Crippen LogP contribution >= 0.6 is 0 Å². The lowest BCUT2D eigenvalue weighted by Crippen LogP contribution is -2.27. The molecule has 1 nitrogen and oxygen atoms in total. The zero-order valence-corrected chi connectivity index (χ0v) is 15.5. The van der Waals surface area contributed by atoms with Gasteiger partial charge in [0.25, 0.3) is 0 Å². The van der Waals surface area contributed by atoms with Gasteiger partial charge >= 0.3 is 0 Å². The van der Waals surface area contributed by atoms with Crippen molar-refractivity contribution in [3.8, 4) is 0 Å². The summed E-state index contributed by atoms with van der Waals surface area (Å²) in [5.74, 6) is 0. The molecule has 0 amide bonds. The zero-order valence-electron chi connectivity index (χ0n) is 15.5. The third kappa shape index (κ3) is 16.2. The minimum absolute atomic E-state index is 1.31. The van der Waals surface area contributed by atoms with Gasteiger partial charge in [0.1, 0.15) is 0 Å². The lowest BCUT2D eigenvalue weighted by atomic mass is 10.1. The normalized spacial score (nSPS) is 11.4. The van der Waals surface area contributed by atoms with Gasteiger partial charge in [-0.25, -0.2) is 0 Å². The Morgan fingerprint density at radius 2 is 0.762 bits per heavy atom. The summed E-state index contributed by atoms with van der Waals surface area (Å²) in [6.45, 7) is 10.9. The quantitative estimate of drug-likeness (QED) is 0.266. The number of nitrogens with zero attached hydrogens (tertiary/aromatic N) is 1. The topological polar surface area (TPSA) is 3.24 Å². The van der Waals surface area contributed by atoms with Crippen LogP contribution in [0.4, 0.5) is 0 Å². The van der Waals surface area contributed by atoms with E-state index in [4.69, 9.17) is 0 Å². The predicted octanol–water partition coefficient (Wildman–Crippen LogP) is 6.81. The Morgan fingerprint density at radius 1 is 0.381 bits per heavy atom. The minimum atomic E-state index is 1.31. The average molecular weight is 298 g/mol. The Kier molecular flexibility index (Phi) is 18.0. The van der Waals surface area contributed by atoms with Gasteiger partial charge in [-0.3, -0.25) is 0 Å². The molecule has 0 bridgehead atoms. The van der Waals surface area contributed by atoms with Crippen LogP contribution < -0.4 is 0 Å². The molecule has 0 aromatic heterocycles. The molecule has 0 fully saturated rings. The molecule has 0 aromatic carbocycles. The highest BCUT2D eigenvalue weighted by molar-refractivity contribution is 4.58. The van der Waals surface area contributed by atoms with E-state index >= 15 is 0 Å². The second-order valence-electron chi connectivity index (χ2n) is 6.73. The summed E-state index contributed by atoms with van der Waals surface area (Å²) in [6.07, 6.45) is 19.9. The minimum Gasteiger partial charge on any atom is -0.303 e. The van der Waals surface area contributed by atoms with Crippen molar-refractivity contribution in [1.82, 2.24) is 4.90 Å². The van der Waals surface area contributed by atoms with E-state index in [1.807, 2.05) is 0 Å². The van der Waals surface area contributed by atoms with Gasteiger partial charge in [-0.1, -0.05) is 91.4 Å². The molecule has 0 radical (unpaired) electrons. The molecule has 128 valence electrons. The summed E-state index contributed by atoms with van der Waals surface area (Å²) >= 11 is 0. The van der Waals surface area contributed by atoms with E-state index in [1.165, 1.54) is 110 Å². The third-order valence-electron chi connectivity index (χ3n) is 4.45. The number of unbranched alkanes of at least 4 members (excludes halogenated alkanes) is 11. The first-order valence-electron chi connectivity index (χ1n) is 10.1. The van der Waals surface area contributed by atoms with Gasteiger partial charge in [-0.15, -0.1) is 0 Å². The van der Waals surface area contributed by atoms with E-state index in [0.29, 0.717) is 0 Å². The van der Waals surface area contributed by atoms with Crippen LogP contribution in [0.2, 0.25) is 0 Å². The molecule has 0 N–H and O–H groups in total. The van der Waals surface area contributed by atoms with Crippen LogP contribution in [0.5, 0.6) is 0 Å². The van der Waals surface area contributed by atoms with Crippen LogP contribution in [-0.2, 0) is 0 Å². The highest BCUT2D eigenvalue weighted by Gasteiger charge is 2.03. The molecule has 0 unspecified atom stereocenters. The Hall–Kier alpha value is -0.0400. The molecule has 0 atom stereocenters. The molecular formula is C20H43N. The first kappa shape index (κ1) is 21.0. The lowest BCUT2D eigenvalue weighted by Gasteiger charge is -2.21. The van der Waals surface area contributed by atoms with E-state index in [-0.39, 0.29) is 0 Å². The maximum Gasteiger partial charge on any atom is -0.00187 e. The molecule has 1 heteroatoms. The summed E-state index contributed by atoms with van der Waals surface area (Å²) < 4.78 is 0. The second kappa shape index (κ2) is 18.0. The van der Waals surface area contributed by atoms with E-state index in [2.05, 4.69) is 25.7 Å². The van der Waals surface area contributed by atoms with Crippen LogP contribution in [-0.4, -0.2) is 24.5 Å². The monoisotopic (exact) mass is 297 g/mol. The summed E-state index contributed by atoms with van der Waals surface area (Å²) in [6, 6.07) is 0. The number of rotatable bonds is 17. The fourth-order valence-corrected chi connectivity index (χ4v) is 3.06. The second-order valence-corrected chi connectivity index (χ2v) is 6.73. The molecule has 21 heavy (non-hydrogen) atoms. The maximum atomic E-state index is 2.71. The molecule has 0 aliphatic carbocycles. The Balaban J connectivity index is 3.44. The first-order valence-corrected chi connectivity index (χ1v) is 10.1. The molecule has 0 rings (SSSR count). The molecule has 0 saturated carbocycles. The molecular weight excluding hydrogens is 254 g/mol. The Labute approximate surface area is 135 Å². The fraction of sp³-hybridized carbons (Fsp3) is 1.00. The van der Waals surface area contributed by atoms with Gasteiger partial charge in [-0.2, -0.15) is 0 Å². The van der Waals surface area contributed by atoms with E-state index in [9.17, 15) is 0 Å². The lowest BCUT2D eigenvalue weighted by molar-refractivity contribution is 0.260. The molecule has 0 aromatic rings. The standard InChI is InChI=1S/C20H43N/c1-4-7-9-11-13-15-17-20-21(18-6-3)19-16-14-12-10-8-5-2/h4-20H2,1-3H3. The molecule has 0 aliphatic heterocycles. The first-order chi connectivity index (χ1) is 10.3. The Morgan fingerprint density at radius 3 is 1.14 bits per heavy atom. The van der Waals surface area contributed by atoms with Gasteiger partial charge in [0.2, 0.25) is 0 Å². The molecule has 0 aliphatic rings. The fourth-order valence-electron chi connectivity index (χ4n) is 3.06. The van der Waals surface area contributed by atoms with Gasteiger partial charge in [0.05, 0.1) is 0 Å². The predicted molar refractivity (Wildman–Crippen MR) is 98.1 cm³/mol. The van der Waals surface area contributed by atoms with Gasteiger partial charge in [0, 0.05) is 0 Å².